The third-order valence-corrected chi connectivity index (χ3v) is 3.40. The van der Waals surface area contributed by atoms with Gasteiger partial charge in [-0.25, -0.2) is 4.98 Å². The van der Waals surface area contributed by atoms with Crippen LogP contribution in [0.15, 0.2) is 24.3 Å². The van der Waals surface area contributed by atoms with Crippen LogP contribution in [0.25, 0.3) is 0 Å². The Bertz CT molecular complexity index is 681. The smallest absolute Gasteiger partial charge is 0.144 e. The van der Waals surface area contributed by atoms with E-state index in [-0.39, 0.29) is 0 Å². The minimum absolute atomic E-state index is 0.625. The summed E-state index contributed by atoms with van der Waals surface area (Å²) < 4.78 is 0. The van der Waals surface area contributed by atoms with Crippen molar-refractivity contribution in [1.82, 2.24) is 4.98 Å². The Balaban J connectivity index is 2.25. The number of aromatic nitrogens is 1. The molecule has 0 bridgehead atoms. The van der Waals surface area contributed by atoms with E-state index in [2.05, 4.69) is 48.4 Å². The highest BCUT2D eigenvalue weighted by Gasteiger charge is 2.08. The molecule has 0 amide bonds. The Morgan fingerprint density at radius 2 is 1.85 bits per heavy atom. The number of nitrogens with zero attached hydrogens (tertiary/aromatic N) is 2. The van der Waals surface area contributed by atoms with Crippen LogP contribution >= 0.6 is 0 Å². The van der Waals surface area contributed by atoms with Gasteiger partial charge in [-0.05, 0) is 50.5 Å². The number of aryl methyl sites for hydroxylation is 4. The molecule has 0 aliphatic heterocycles. The molecule has 1 aromatic carbocycles. The van der Waals surface area contributed by atoms with Gasteiger partial charge in [0.25, 0.3) is 0 Å². The number of rotatable bonds is 3. The lowest BCUT2D eigenvalue weighted by molar-refractivity contribution is 1.06. The molecule has 3 heteroatoms. The van der Waals surface area contributed by atoms with Gasteiger partial charge in [0, 0.05) is 12.2 Å². The maximum Gasteiger partial charge on any atom is 0.144 e. The van der Waals surface area contributed by atoms with E-state index in [1.807, 2.05) is 19.9 Å². The fraction of sp³-hybridized carbons (Fsp3) is 0.294. The van der Waals surface area contributed by atoms with E-state index in [9.17, 15) is 5.26 Å². The molecule has 0 unspecified atom stereocenters. The van der Waals surface area contributed by atoms with Crippen LogP contribution in [0.1, 0.15) is 33.5 Å². The predicted molar refractivity (Wildman–Crippen MR) is 81.7 cm³/mol. The van der Waals surface area contributed by atoms with Crippen molar-refractivity contribution in [2.45, 2.75) is 34.2 Å². The number of hydrogen-bond acceptors (Lipinski definition) is 3. The van der Waals surface area contributed by atoms with Gasteiger partial charge in [-0.1, -0.05) is 23.8 Å². The largest absolute Gasteiger partial charge is 0.365 e. The van der Waals surface area contributed by atoms with Crippen LogP contribution in [0.5, 0.6) is 0 Å². The zero-order valence-corrected chi connectivity index (χ0v) is 12.4. The molecule has 0 spiro atoms. The van der Waals surface area contributed by atoms with Crippen LogP contribution < -0.4 is 5.32 Å². The topological polar surface area (TPSA) is 48.7 Å². The molecule has 2 rings (SSSR count). The molecule has 0 aliphatic rings. The van der Waals surface area contributed by atoms with Gasteiger partial charge in [-0.15, -0.1) is 0 Å². The minimum atomic E-state index is 0.625. The van der Waals surface area contributed by atoms with Crippen LogP contribution in [-0.4, -0.2) is 4.98 Å². The lowest BCUT2D eigenvalue weighted by Gasteiger charge is -2.12. The number of benzene rings is 1. The van der Waals surface area contributed by atoms with E-state index in [0.29, 0.717) is 17.9 Å². The normalized spacial score (nSPS) is 10.2. The number of anilines is 1. The molecule has 0 saturated carbocycles. The average molecular weight is 265 g/mol. The summed E-state index contributed by atoms with van der Waals surface area (Å²) in [5, 5.41) is 12.5. The minimum Gasteiger partial charge on any atom is -0.365 e. The van der Waals surface area contributed by atoms with Crippen LogP contribution in [-0.2, 0) is 6.54 Å². The molecule has 1 heterocycles. The second-order valence-corrected chi connectivity index (χ2v) is 5.20. The monoisotopic (exact) mass is 265 g/mol. The standard InChI is InChI=1S/C17H19N3/c1-11-5-6-15(12(2)7-11)10-19-17-16(9-18)13(3)8-14(4)20-17/h5-8H,10H2,1-4H3,(H,19,20). The van der Waals surface area contributed by atoms with E-state index in [1.165, 1.54) is 16.7 Å². The number of pyridine rings is 1. The van der Waals surface area contributed by atoms with Crippen LogP contribution in [0.2, 0.25) is 0 Å². The van der Waals surface area contributed by atoms with Crippen LogP contribution in [0.3, 0.4) is 0 Å². The van der Waals surface area contributed by atoms with Gasteiger partial charge in [0.2, 0.25) is 0 Å². The molecule has 0 radical (unpaired) electrons. The summed E-state index contributed by atoms with van der Waals surface area (Å²) in [7, 11) is 0. The zero-order chi connectivity index (χ0) is 14.7. The second-order valence-electron chi connectivity index (χ2n) is 5.20. The van der Waals surface area contributed by atoms with Gasteiger partial charge in [0.05, 0.1) is 5.56 Å². The van der Waals surface area contributed by atoms with Crippen molar-refractivity contribution in [1.29, 1.82) is 5.26 Å². The van der Waals surface area contributed by atoms with Crippen molar-refractivity contribution in [2.75, 3.05) is 5.32 Å². The first kappa shape index (κ1) is 14.1. The Labute approximate surface area is 120 Å². The molecule has 2 aromatic rings. The number of hydrogen-bond donors (Lipinski definition) is 1. The fourth-order valence-corrected chi connectivity index (χ4v) is 2.33. The molecular formula is C17H19N3. The summed E-state index contributed by atoms with van der Waals surface area (Å²) in [6, 6.07) is 10.5. The quantitative estimate of drug-likeness (QED) is 0.918. The van der Waals surface area contributed by atoms with E-state index in [4.69, 9.17) is 0 Å². The molecule has 0 aliphatic carbocycles. The summed E-state index contributed by atoms with van der Waals surface area (Å²) >= 11 is 0. The molecule has 0 atom stereocenters. The highest BCUT2D eigenvalue weighted by molar-refractivity contribution is 5.56. The van der Waals surface area contributed by atoms with Crippen molar-refractivity contribution in [3.05, 3.63) is 57.8 Å². The number of nitrogens with one attached hydrogen (secondary N) is 1. The third kappa shape index (κ3) is 2.97. The molecular weight excluding hydrogens is 246 g/mol. The zero-order valence-electron chi connectivity index (χ0n) is 12.4. The molecule has 102 valence electrons. The van der Waals surface area contributed by atoms with Gasteiger partial charge >= 0.3 is 0 Å². The van der Waals surface area contributed by atoms with Crippen molar-refractivity contribution in [2.24, 2.45) is 0 Å². The average Bonchev–Trinajstić information content (AvgIpc) is 2.37. The van der Waals surface area contributed by atoms with Gasteiger partial charge in [0.15, 0.2) is 0 Å². The van der Waals surface area contributed by atoms with Crippen LogP contribution in [0.4, 0.5) is 5.82 Å². The fourth-order valence-electron chi connectivity index (χ4n) is 2.33. The first-order valence-corrected chi connectivity index (χ1v) is 6.69. The Kier molecular flexibility index (Phi) is 4.05. The second kappa shape index (κ2) is 5.75. The SMILES string of the molecule is Cc1ccc(CNc2nc(C)cc(C)c2C#N)c(C)c1. The van der Waals surface area contributed by atoms with Crippen molar-refractivity contribution < 1.29 is 0 Å². The van der Waals surface area contributed by atoms with Gasteiger partial charge in [-0.2, -0.15) is 5.26 Å². The third-order valence-electron chi connectivity index (χ3n) is 3.40. The van der Waals surface area contributed by atoms with Gasteiger partial charge in [0.1, 0.15) is 11.9 Å². The predicted octanol–water partition coefficient (Wildman–Crippen LogP) is 3.80. The molecule has 0 fully saturated rings. The maximum atomic E-state index is 9.25. The summed E-state index contributed by atoms with van der Waals surface area (Å²) in [5.41, 5.74) is 6.24. The van der Waals surface area contributed by atoms with Crippen LogP contribution in [0, 0.1) is 39.0 Å². The Hall–Kier alpha value is -2.34. The summed E-state index contributed by atoms with van der Waals surface area (Å²) in [6.07, 6.45) is 0. The molecule has 20 heavy (non-hydrogen) atoms. The first-order valence-electron chi connectivity index (χ1n) is 6.69. The van der Waals surface area contributed by atoms with Crippen molar-refractivity contribution >= 4 is 5.82 Å². The molecule has 1 N–H and O–H groups in total. The Morgan fingerprint density at radius 1 is 1.10 bits per heavy atom. The Morgan fingerprint density at radius 3 is 2.50 bits per heavy atom. The van der Waals surface area contributed by atoms with E-state index >= 15 is 0 Å². The lowest BCUT2D eigenvalue weighted by atomic mass is 10.1. The van der Waals surface area contributed by atoms with E-state index in [1.54, 1.807) is 0 Å². The van der Waals surface area contributed by atoms with Crippen molar-refractivity contribution in [3.63, 3.8) is 0 Å². The van der Waals surface area contributed by atoms with Gasteiger partial charge in [-0.3, -0.25) is 0 Å². The highest BCUT2D eigenvalue weighted by Crippen LogP contribution is 2.19. The summed E-state index contributed by atoms with van der Waals surface area (Å²) in [6.45, 7) is 8.75. The molecule has 0 saturated heterocycles. The highest BCUT2D eigenvalue weighted by atomic mass is 15.0. The van der Waals surface area contributed by atoms with E-state index < -0.39 is 0 Å². The van der Waals surface area contributed by atoms with Crippen molar-refractivity contribution in [3.8, 4) is 6.07 Å². The number of nitriles is 1. The summed E-state index contributed by atoms with van der Waals surface area (Å²) in [4.78, 5) is 4.43. The first-order chi connectivity index (χ1) is 9.51. The van der Waals surface area contributed by atoms with E-state index in [0.717, 1.165) is 11.3 Å². The molecule has 3 nitrogen and oxygen atoms in total. The lowest BCUT2D eigenvalue weighted by Crippen LogP contribution is -2.06. The maximum absolute atomic E-state index is 9.25. The summed E-state index contributed by atoms with van der Waals surface area (Å²) in [5.74, 6) is 0.671. The molecule has 1 aromatic heterocycles. The van der Waals surface area contributed by atoms with Gasteiger partial charge < -0.3 is 5.32 Å².